The molecule has 0 aliphatic carbocycles. The van der Waals surface area contributed by atoms with Gasteiger partial charge in [0.15, 0.2) is 5.72 Å². The van der Waals surface area contributed by atoms with E-state index in [4.69, 9.17) is 4.74 Å². The van der Waals surface area contributed by atoms with Crippen LogP contribution in [0, 0.1) is 17.0 Å². The number of aryl methyl sites for hydroxylation is 1. The minimum Gasteiger partial charge on any atom is -0.467 e. The van der Waals surface area contributed by atoms with Crippen molar-refractivity contribution in [2.24, 2.45) is 0 Å². The summed E-state index contributed by atoms with van der Waals surface area (Å²) in [5.74, 6) is 0.549. The molecule has 1 N–H and O–H groups in total. The van der Waals surface area contributed by atoms with E-state index in [1.165, 1.54) is 12.1 Å². The molecule has 2 aromatic rings. The van der Waals surface area contributed by atoms with Gasteiger partial charge in [-0.25, -0.2) is 4.79 Å². The molecule has 26 heavy (non-hydrogen) atoms. The van der Waals surface area contributed by atoms with Crippen LogP contribution in [0.15, 0.2) is 40.9 Å². The summed E-state index contributed by atoms with van der Waals surface area (Å²) < 4.78 is 7.13. The molecule has 2 bridgehead atoms. The third kappa shape index (κ3) is 2.52. The highest BCUT2D eigenvalue weighted by Crippen LogP contribution is 2.46. The van der Waals surface area contributed by atoms with Gasteiger partial charge in [-0.05, 0) is 43.7 Å². The summed E-state index contributed by atoms with van der Waals surface area (Å²) in [5, 5.41) is 14.0. The molecule has 0 spiro atoms. The number of anilines is 1. The Balaban J connectivity index is 1.78. The van der Waals surface area contributed by atoms with Crippen molar-refractivity contribution in [1.82, 2.24) is 5.32 Å². The lowest BCUT2D eigenvalue weighted by atomic mass is 9.90. The van der Waals surface area contributed by atoms with Gasteiger partial charge in [0.1, 0.15) is 5.75 Å². The number of benzene rings is 2. The Labute approximate surface area is 158 Å². The fraction of sp³-hybridized carbons (Fsp3) is 0.278. The van der Waals surface area contributed by atoms with Crippen molar-refractivity contribution in [1.29, 1.82) is 0 Å². The predicted molar refractivity (Wildman–Crippen MR) is 99.4 cm³/mol. The lowest BCUT2D eigenvalue weighted by molar-refractivity contribution is -0.385. The number of halogens is 1. The van der Waals surface area contributed by atoms with Crippen LogP contribution in [0.3, 0.4) is 0 Å². The first kappa shape index (κ1) is 16.8. The summed E-state index contributed by atoms with van der Waals surface area (Å²) in [6.45, 7) is 3.82. The molecular formula is C18H16BrN3O4. The van der Waals surface area contributed by atoms with Gasteiger partial charge in [-0.2, -0.15) is 0 Å². The quantitative estimate of drug-likeness (QED) is 0.578. The summed E-state index contributed by atoms with van der Waals surface area (Å²) in [5.41, 5.74) is 1.48. The van der Waals surface area contributed by atoms with Crippen LogP contribution in [0.25, 0.3) is 0 Å². The standard InChI is InChI=1S/C18H16BrN3O4/c1-10-7-11(3-5-14(10)19)21-17(23)20-15-9-18(21,2)26-16-6-4-12(22(24)25)8-13(15)16/h3-8,15H,9H2,1-2H3,(H,20,23)/t15-,18-/m1/s1. The van der Waals surface area contributed by atoms with Crippen LogP contribution >= 0.6 is 15.9 Å². The van der Waals surface area contributed by atoms with Gasteiger partial charge in [0.05, 0.1) is 11.0 Å². The number of hydrogen-bond acceptors (Lipinski definition) is 4. The summed E-state index contributed by atoms with van der Waals surface area (Å²) in [6, 6.07) is 9.54. The first-order valence-electron chi connectivity index (χ1n) is 8.13. The zero-order chi connectivity index (χ0) is 18.6. The monoisotopic (exact) mass is 417 g/mol. The van der Waals surface area contributed by atoms with Crippen LogP contribution in [0.1, 0.15) is 30.5 Å². The lowest BCUT2D eigenvalue weighted by Crippen LogP contribution is -2.65. The topological polar surface area (TPSA) is 84.7 Å². The number of carbonyl (C=O) groups excluding carboxylic acids is 1. The summed E-state index contributed by atoms with van der Waals surface area (Å²) in [7, 11) is 0. The molecule has 2 heterocycles. The maximum Gasteiger partial charge on any atom is 0.325 e. The van der Waals surface area contributed by atoms with Gasteiger partial charge in [-0.15, -0.1) is 0 Å². The van der Waals surface area contributed by atoms with Crippen molar-refractivity contribution >= 4 is 33.3 Å². The molecule has 8 heteroatoms. The molecule has 2 aromatic carbocycles. The van der Waals surface area contributed by atoms with E-state index in [1.54, 1.807) is 11.0 Å². The number of fused-ring (bicyclic) bond motifs is 4. The van der Waals surface area contributed by atoms with Gasteiger partial charge in [0, 0.05) is 34.3 Å². The summed E-state index contributed by atoms with van der Waals surface area (Å²) in [6.07, 6.45) is 0.488. The molecule has 2 aliphatic rings. The molecule has 0 aromatic heterocycles. The van der Waals surface area contributed by atoms with E-state index in [9.17, 15) is 14.9 Å². The average molecular weight is 418 g/mol. The summed E-state index contributed by atoms with van der Waals surface area (Å²) in [4.78, 5) is 25.0. The number of urea groups is 1. The smallest absolute Gasteiger partial charge is 0.325 e. The fourth-order valence-corrected chi connectivity index (χ4v) is 3.88. The number of ether oxygens (including phenoxy) is 1. The highest BCUT2D eigenvalue weighted by atomic mass is 79.9. The maximum absolute atomic E-state index is 12.8. The zero-order valence-corrected chi connectivity index (χ0v) is 15.7. The van der Waals surface area contributed by atoms with Crippen molar-refractivity contribution in [2.45, 2.75) is 32.0 Å². The number of carbonyl (C=O) groups is 1. The molecule has 134 valence electrons. The van der Waals surface area contributed by atoms with Gasteiger partial charge in [0.25, 0.3) is 5.69 Å². The number of nitrogens with one attached hydrogen (secondary N) is 1. The SMILES string of the molecule is Cc1cc(N2C(=O)N[C@@H]3C[C@@]2(C)Oc2ccc([N+](=O)[O-])cc23)ccc1Br. The molecule has 4 rings (SSSR count). The first-order valence-corrected chi connectivity index (χ1v) is 8.92. The minimum atomic E-state index is -0.879. The van der Waals surface area contributed by atoms with Crippen LogP contribution in [0.2, 0.25) is 0 Å². The first-order chi connectivity index (χ1) is 12.3. The Kier molecular flexibility index (Phi) is 3.69. The molecule has 0 saturated carbocycles. The second-order valence-corrected chi connectivity index (χ2v) is 7.59. The third-order valence-corrected chi connectivity index (χ3v) is 5.76. The number of nitro benzene ring substituents is 1. The van der Waals surface area contributed by atoms with E-state index < -0.39 is 10.6 Å². The Morgan fingerprint density at radius 2 is 2.12 bits per heavy atom. The second-order valence-electron chi connectivity index (χ2n) is 6.73. The third-order valence-electron chi connectivity index (χ3n) is 4.87. The van der Waals surface area contributed by atoms with Crippen molar-refractivity contribution in [3.8, 4) is 5.75 Å². The van der Waals surface area contributed by atoms with E-state index in [-0.39, 0.29) is 17.8 Å². The Morgan fingerprint density at radius 3 is 2.81 bits per heavy atom. The Hall–Kier alpha value is -2.61. The molecule has 2 amide bonds. The highest BCUT2D eigenvalue weighted by Gasteiger charge is 2.50. The van der Waals surface area contributed by atoms with Crippen molar-refractivity contribution < 1.29 is 14.5 Å². The normalized spacial score (nSPS) is 23.7. The minimum absolute atomic E-state index is 0.0174. The number of nitrogens with zero attached hydrogens (tertiary/aromatic N) is 2. The molecule has 0 unspecified atom stereocenters. The average Bonchev–Trinajstić information content (AvgIpc) is 2.57. The lowest BCUT2D eigenvalue weighted by Gasteiger charge is -2.50. The largest absolute Gasteiger partial charge is 0.467 e. The fourth-order valence-electron chi connectivity index (χ4n) is 3.63. The number of rotatable bonds is 2. The van der Waals surface area contributed by atoms with Crippen LogP contribution in [0.4, 0.5) is 16.2 Å². The maximum atomic E-state index is 12.8. The van der Waals surface area contributed by atoms with Crippen LogP contribution in [-0.4, -0.2) is 16.7 Å². The van der Waals surface area contributed by atoms with Gasteiger partial charge < -0.3 is 10.1 Å². The van der Waals surface area contributed by atoms with E-state index in [0.717, 1.165) is 15.7 Å². The van der Waals surface area contributed by atoms with Crippen LogP contribution < -0.4 is 15.0 Å². The van der Waals surface area contributed by atoms with Gasteiger partial charge in [0.2, 0.25) is 0 Å². The second kappa shape index (κ2) is 5.70. The Bertz CT molecular complexity index is 948. The zero-order valence-electron chi connectivity index (χ0n) is 14.2. The molecule has 1 fully saturated rings. The van der Waals surface area contributed by atoms with Gasteiger partial charge in [-0.1, -0.05) is 15.9 Å². The van der Waals surface area contributed by atoms with Gasteiger partial charge in [-0.3, -0.25) is 15.0 Å². The predicted octanol–water partition coefficient (Wildman–Crippen LogP) is 4.44. The highest BCUT2D eigenvalue weighted by molar-refractivity contribution is 9.10. The van der Waals surface area contributed by atoms with Crippen LogP contribution in [0.5, 0.6) is 5.75 Å². The molecule has 0 radical (unpaired) electrons. The molecular weight excluding hydrogens is 402 g/mol. The molecule has 1 saturated heterocycles. The van der Waals surface area contributed by atoms with E-state index in [0.29, 0.717) is 17.7 Å². The van der Waals surface area contributed by atoms with Crippen molar-refractivity contribution in [2.75, 3.05) is 4.90 Å². The number of amides is 2. The van der Waals surface area contributed by atoms with E-state index in [2.05, 4.69) is 21.2 Å². The summed E-state index contributed by atoms with van der Waals surface area (Å²) >= 11 is 3.47. The molecule has 2 atom stereocenters. The number of nitro groups is 1. The number of non-ortho nitro benzene ring substituents is 1. The number of hydrogen-bond donors (Lipinski definition) is 1. The molecule has 7 nitrogen and oxygen atoms in total. The molecule has 2 aliphatic heterocycles. The van der Waals surface area contributed by atoms with Crippen molar-refractivity contribution in [3.63, 3.8) is 0 Å². The van der Waals surface area contributed by atoms with E-state index >= 15 is 0 Å². The van der Waals surface area contributed by atoms with Gasteiger partial charge >= 0.3 is 6.03 Å². The van der Waals surface area contributed by atoms with E-state index in [1.807, 2.05) is 32.0 Å². The Morgan fingerprint density at radius 1 is 1.35 bits per heavy atom. The van der Waals surface area contributed by atoms with Crippen molar-refractivity contribution in [3.05, 3.63) is 62.1 Å². The van der Waals surface area contributed by atoms with Crippen LogP contribution in [-0.2, 0) is 0 Å².